The molecular weight excluding hydrogens is 421 g/mol. The van der Waals surface area contributed by atoms with Crippen molar-refractivity contribution in [1.82, 2.24) is 10.3 Å². The van der Waals surface area contributed by atoms with E-state index < -0.39 is 6.36 Å². The molecule has 0 unspecified atom stereocenters. The van der Waals surface area contributed by atoms with E-state index in [-0.39, 0.29) is 5.75 Å². The van der Waals surface area contributed by atoms with Crippen molar-refractivity contribution >= 4 is 11.0 Å². The maximum atomic E-state index is 12.4. The summed E-state index contributed by atoms with van der Waals surface area (Å²) in [4.78, 5) is 4.32. The number of methoxy groups -OCH3 is 1. The van der Waals surface area contributed by atoms with Gasteiger partial charge in [0.25, 0.3) is 0 Å². The van der Waals surface area contributed by atoms with Crippen LogP contribution in [0.3, 0.4) is 0 Å². The van der Waals surface area contributed by atoms with Gasteiger partial charge in [-0.25, -0.2) is 0 Å². The van der Waals surface area contributed by atoms with Crippen molar-refractivity contribution in [2.75, 3.05) is 13.7 Å². The van der Waals surface area contributed by atoms with Crippen LogP contribution in [0.2, 0.25) is 0 Å². The third kappa shape index (κ3) is 5.20. The minimum atomic E-state index is -4.73. The van der Waals surface area contributed by atoms with Crippen LogP contribution in [0.25, 0.3) is 22.3 Å². The fourth-order valence-electron chi connectivity index (χ4n) is 3.42. The van der Waals surface area contributed by atoms with Gasteiger partial charge in [-0.3, -0.25) is 4.98 Å². The summed E-state index contributed by atoms with van der Waals surface area (Å²) in [5, 5.41) is 4.29. The molecular formula is C24H21F3N2O3. The first-order valence-electron chi connectivity index (χ1n) is 9.99. The van der Waals surface area contributed by atoms with Crippen LogP contribution in [-0.4, -0.2) is 25.0 Å². The van der Waals surface area contributed by atoms with Gasteiger partial charge >= 0.3 is 6.36 Å². The van der Waals surface area contributed by atoms with Crippen molar-refractivity contribution in [3.63, 3.8) is 0 Å². The minimum Gasteiger partial charge on any atom is -0.493 e. The average molecular weight is 442 g/mol. The highest BCUT2D eigenvalue weighted by atomic mass is 19.4. The molecule has 1 N–H and O–H groups in total. The lowest BCUT2D eigenvalue weighted by Crippen LogP contribution is -2.17. The second kappa shape index (κ2) is 9.32. The number of aromatic nitrogens is 1. The maximum absolute atomic E-state index is 12.4. The predicted octanol–water partition coefficient (Wildman–Crippen LogP) is 5.73. The summed E-state index contributed by atoms with van der Waals surface area (Å²) in [5.74, 6) is 0.825. The molecule has 0 radical (unpaired) electrons. The van der Waals surface area contributed by atoms with Crippen molar-refractivity contribution < 1.29 is 27.1 Å². The van der Waals surface area contributed by atoms with Crippen LogP contribution in [0.1, 0.15) is 11.3 Å². The summed E-state index contributed by atoms with van der Waals surface area (Å²) in [6.07, 6.45) is -2.15. The molecule has 0 amide bonds. The number of nitrogens with one attached hydrogen (secondary N) is 1. The molecule has 5 nitrogen and oxygen atoms in total. The average Bonchev–Trinajstić information content (AvgIpc) is 3.22. The Morgan fingerprint density at radius 3 is 2.53 bits per heavy atom. The van der Waals surface area contributed by atoms with E-state index in [1.807, 2.05) is 36.4 Å². The standard InChI is InChI=1S/C24H21F3N2O3/c1-30-21-10-7-17(15-28-13-11-18-4-2-3-12-29-18)20-14-22(31-23(20)21)16-5-8-19(9-6-16)32-24(25,26)27/h2-10,12,14,28H,11,13,15H2,1H3. The Morgan fingerprint density at radius 1 is 1.03 bits per heavy atom. The quantitative estimate of drug-likeness (QED) is 0.353. The van der Waals surface area contributed by atoms with Crippen LogP contribution in [0, 0.1) is 0 Å². The Kier molecular flexibility index (Phi) is 6.32. The number of hydrogen-bond acceptors (Lipinski definition) is 5. The number of fused-ring (bicyclic) bond motifs is 1. The molecule has 0 atom stereocenters. The van der Waals surface area contributed by atoms with Gasteiger partial charge in [-0.2, -0.15) is 0 Å². The molecule has 2 aromatic heterocycles. The lowest BCUT2D eigenvalue weighted by molar-refractivity contribution is -0.274. The van der Waals surface area contributed by atoms with E-state index in [0.29, 0.717) is 29.2 Å². The number of ether oxygens (including phenoxy) is 2. The number of pyridine rings is 1. The number of hydrogen-bond donors (Lipinski definition) is 1. The second-order valence-electron chi connectivity index (χ2n) is 7.10. The number of benzene rings is 2. The Hall–Kier alpha value is -3.52. The molecule has 0 fully saturated rings. The SMILES string of the molecule is COc1ccc(CNCCc2ccccn2)c2cc(-c3ccc(OC(F)(F)F)cc3)oc12. The second-order valence-corrected chi connectivity index (χ2v) is 7.10. The Balaban J connectivity index is 1.52. The van der Waals surface area contributed by atoms with Gasteiger partial charge < -0.3 is 19.2 Å². The molecule has 8 heteroatoms. The van der Waals surface area contributed by atoms with Crippen molar-refractivity contribution in [2.24, 2.45) is 0 Å². The first-order valence-corrected chi connectivity index (χ1v) is 9.99. The number of furan rings is 1. The molecule has 4 rings (SSSR count). The van der Waals surface area contributed by atoms with E-state index in [2.05, 4.69) is 15.0 Å². The van der Waals surface area contributed by atoms with E-state index in [9.17, 15) is 13.2 Å². The molecule has 0 aliphatic heterocycles. The van der Waals surface area contributed by atoms with Crippen LogP contribution in [-0.2, 0) is 13.0 Å². The van der Waals surface area contributed by atoms with Crippen molar-refractivity contribution in [3.05, 3.63) is 78.1 Å². The molecule has 0 saturated heterocycles. The summed E-state index contributed by atoms with van der Waals surface area (Å²) in [5.41, 5.74) is 3.26. The van der Waals surface area contributed by atoms with Crippen LogP contribution < -0.4 is 14.8 Å². The highest BCUT2D eigenvalue weighted by Crippen LogP contribution is 2.36. The molecule has 2 heterocycles. The largest absolute Gasteiger partial charge is 0.573 e. The molecule has 0 aliphatic carbocycles. The first kappa shape index (κ1) is 21.7. The summed E-state index contributed by atoms with van der Waals surface area (Å²) < 4.78 is 52.5. The molecule has 32 heavy (non-hydrogen) atoms. The van der Waals surface area contributed by atoms with E-state index in [4.69, 9.17) is 9.15 Å². The van der Waals surface area contributed by atoms with Crippen molar-refractivity contribution in [3.8, 4) is 22.8 Å². The summed E-state index contributed by atoms with van der Waals surface area (Å²) in [6, 6.07) is 17.1. The Morgan fingerprint density at radius 2 is 1.84 bits per heavy atom. The van der Waals surface area contributed by atoms with E-state index in [0.717, 1.165) is 29.6 Å². The van der Waals surface area contributed by atoms with Gasteiger partial charge in [-0.05, 0) is 54.1 Å². The molecule has 0 bridgehead atoms. The zero-order valence-electron chi connectivity index (χ0n) is 17.3. The van der Waals surface area contributed by atoms with E-state index in [1.54, 1.807) is 13.3 Å². The monoisotopic (exact) mass is 442 g/mol. The lowest BCUT2D eigenvalue weighted by atomic mass is 10.1. The van der Waals surface area contributed by atoms with Gasteiger partial charge in [-0.1, -0.05) is 12.1 Å². The molecule has 2 aromatic carbocycles. The minimum absolute atomic E-state index is 0.285. The lowest BCUT2D eigenvalue weighted by Gasteiger charge is -2.08. The molecule has 0 spiro atoms. The zero-order chi connectivity index (χ0) is 22.6. The first-order chi connectivity index (χ1) is 15.4. The van der Waals surface area contributed by atoms with Gasteiger partial charge in [0.1, 0.15) is 11.5 Å². The van der Waals surface area contributed by atoms with Crippen molar-refractivity contribution in [2.45, 2.75) is 19.3 Å². The topological polar surface area (TPSA) is 56.5 Å². The smallest absolute Gasteiger partial charge is 0.493 e. The van der Waals surface area contributed by atoms with E-state index in [1.165, 1.54) is 24.3 Å². The van der Waals surface area contributed by atoms with Crippen LogP contribution >= 0.6 is 0 Å². The zero-order valence-corrected chi connectivity index (χ0v) is 17.3. The third-order valence-electron chi connectivity index (χ3n) is 4.93. The van der Waals surface area contributed by atoms with Gasteiger partial charge in [0, 0.05) is 42.4 Å². The van der Waals surface area contributed by atoms with Gasteiger partial charge in [-0.15, -0.1) is 13.2 Å². The maximum Gasteiger partial charge on any atom is 0.573 e. The van der Waals surface area contributed by atoms with Gasteiger partial charge in [0.15, 0.2) is 11.3 Å². The van der Waals surface area contributed by atoms with Crippen molar-refractivity contribution in [1.29, 1.82) is 0 Å². The highest BCUT2D eigenvalue weighted by molar-refractivity contribution is 5.90. The number of rotatable bonds is 8. The van der Waals surface area contributed by atoms with Crippen LogP contribution in [0.5, 0.6) is 11.5 Å². The molecule has 0 aliphatic rings. The predicted molar refractivity (Wildman–Crippen MR) is 115 cm³/mol. The summed E-state index contributed by atoms with van der Waals surface area (Å²) in [7, 11) is 1.56. The third-order valence-corrected chi connectivity index (χ3v) is 4.93. The highest BCUT2D eigenvalue weighted by Gasteiger charge is 2.31. The van der Waals surface area contributed by atoms with Crippen LogP contribution in [0.15, 0.2) is 71.3 Å². The number of alkyl halides is 3. The van der Waals surface area contributed by atoms with E-state index >= 15 is 0 Å². The molecule has 0 saturated carbocycles. The van der Waals surface area contributed by atoms with Crippen LogP contribution in [0.4, 0.5) is 13.2 Å². The molecule has 166 valence electrons. The number of halogens is 3. The fourth-order valence-corrected chi connectivity index (χ4v) is 3.42. The Bertz CT molecular complexity index is 1170. The van der Waals surface area contributed by atoms with Gasteiger partial charge in [0.2, 0.25) is 0 Å². The molecule has 4 aromatic rings. The van der Waals surface area contributed by atoms with Gasteiger partial charge in [0.05, 0.1) is 7.11 Å². The fraction of sp³-hybridized carbons (Fsp3) is 0.208. The Labute approximate surface area is 182 Å². The normalized spacial score (nSPS) is 11.6. The summed E-state index contributed by atoms with van der Waals surface area (Å²) >= 11 is 0. The number of nitrogens with zero attached hydrogens (tertiary/aromatic N) is 1. The summed E-state index contributed by atoms with van der Waals surface area (Å²) in [6.45, 7) is 1.38.